The van der Waals surface area contributed by atoms with Crippen LogP contribution in [-0.4, -0.2) is 44.1 Å². The fraction of sp³-hybridized carbons (Fsp3) is 0.571. The second-order valence-electron chi connectivity index (χ2n) is 5.74. The minimum Gasteiger partial charge on any atom is -0.346 e. The van der Waals surface area contributed by atoms with Crippen molar-refractivity contribution in [1.29, 1.82) is 0 Å². The maximum Gasteiger partial charge on any atom is 0.291 e. The molecule has 0 aromatic carbocycles. The summed E-state index contributed by atoms with van der Waals surface area (Å²) in [5.74, 6) is 0.426. The first kappa shape index (κ1) is 19.6. The molecule has 1 saturated heterocycles. The van der Waals surface area contributed by atoms with Crippen molar-refractivity contribution in [3.05, 3.63) is 23.3 Å². The van der Waals surface area contributed by atoms with Gasteiger partial charge in [0.1, 0.15) is 0 Å². The number of halogens is 2. The van der Waals surface area contributed by atoms with Gasteiger partial charge in [0, 0.05) is 23.5 Å². The van der Waals surface area contributed by atoms with Crippen molar-refractivity contribution in [2.75, 3.05) is 6.54 Å². The van der Waals surface area contributed by atoms with Crippen molar-refractivity contribution in [3.63, 3.8) is 0 Å². The summed E-state index contributed by atoms with van der Waals surface area (Å²) in [7, 11) is 0. The van der Waals surface area contributed by atoms with Crippen LogP contribution in [0, 0.1) is 13.8 Å². The molecule has 0 spiro atoms. The molecule has 2 aromatic rings. The Morgan fingerprint density at radius 3 is 2.78 bits per heavy atom. The average molecular weight is 361 g/mol. The van der Waals surface area contributed by atoms with Crippen LogP contribution < -0.4 is 10.6 Å². The Balaban J connectivity index is 0.00000132. The zero-order chi connectivity index (χ0) is 15.0. The summed E-state index contributed by atoms with van der Waals surface area (Å²) in [6.45, 7) is 6.87. The zero-order valence-electron chi connectivity index (χ0n) is 13.4. The molecular weight excluding hydrogens is 339 g/mol. The topological polar surface area (TPSA) is 84.2 Å². The van der Waals surface area contributed by atoms with Gasteiger partial charge in [-0.1, -0.05) is 0 Å². The van der Waals surface area contributed by atoms with Crippen LogP contribution in [0.3, 0.4) is 0 Å². The van der Waals surface area contributed by atoms with Crippen LogP contribution in [0.4, 0.5) is 0 Å². The number of hydrogen-bond acceptors (Lipinski definition) is 5. The van der Waals surface area contributed by atoms with Gasteiger partial charge in [0.25, 0.3) is 11.7 Å². The van der Waals surface area contributed by atoms with Crippen molar-refractivity contribution in [3.8, 4) is 0 Å². The van der Waals surface area contributed by atoms with E-state index in [1.807, 2.05) is 19.9 Å². The maximum absolute atomic E-state index is 12.3. The Labute approximate surface area is 147 Å². The number of amides is 1. The molecule has 3 rings (SSSR count). The third-order valence-corrected chi connectivity index (χ3v) is 3.78. The second-order valence-corrected chi connectivity index (χ2v) is 5.74. The predicted octanol–water partition coefficient (Wildman–Crippen LogP) is 1.46. The van der Waals surface area contributed by atoms with Gasteiger partial charge in [-0.15, -0.1) is 29.9 Å². The molecule has 0 aliphatic carbocycles. The van der Waals surface area contributed by atoms with E-state index >= 15 is 0 Å². The molecule has 0 bridgehead atoms. The third kappa shape index (κ3) is 4.31. The van der Waals surface area contributed by atoms with E-state index < -0.39 is 0 Å². The highest BCUT2D eigenvalue weighted by molar-refractivity contribution is 5.91. The Hall–Kier alpha value is -1.44. The fourth-order valence-electron chi connectivity index (χ4n) is 2.78. The van der Waals surface area contributed by atoms with Gasteiger partial charge in [-0.05, 0) is 46.2 Å². The number of piperidine rings is 1. The summed E-state index contributed by atoms with van der Waals surface area (Å²) in [5, 5.41) is 10.6. The van der Waals surface area contributed by atoms with Crippen molar-refractivity contribution in [1.82, 2.24) is 30.2 Å². The van der Waals surface area contributed by atoms with Crippen molar-refractivity contribution in [2.24, 2.45) is 0 Å². The van der Waals surface area contributed by atoms with E-state index in [1.165, 1.54) is 0 Å². The fourth-order valence-corrected chi connectivity index (χ4v) is 2.78. The molecule has 3 heterocycles. The predicted molar refractivity (Wildman–Crippen MR) is 92.7 cm³/mol. The smallest absolute Gasteiger partial charge is 0.291 e. The molecule has 9 heteroatoms. The van der Waals surface area contributed by atoms with Crippen LogP contribution >= 0.6 is 24.8 Å². The van der Waals surface area contributed by atoms with Crippen LogP contribution in [0.25, 0.3) is 5.78 Å². The summed E-state index contributed by atoms with van der Waals surface area (Å²) in [6, 6.07) is 2.51. The van der Waals surface area contributed by atoms with E-state index in [9.17, 15) is 4.79 Å². The van der Waals surface area contributed by atoms with Gasteiger partial charge in [-0.2, -0.15) is 4.98 Å². The summed E-state index contributed by atoms with van der Waals surface area (Å²) >= 11 is 0. The first-order chi connectivity index (χ1) is 10.0. The first-order valence-electron chi connectivity index (χ1n) is 7.28. The third-order valence-electron chi connectivity index (χ3n) is 3.78. The van der Waals surface area contributed by atoms with Gasteiger partial charge in [0.2, 0.25) is 5.82 Å². The number of carbonyl (C=O) groups excluding carboxylic acids is 1. The summed E-state index contributed by atoms with van der Waals surface area (Å²) in [5.41, 5.74) is 1.78. The average Bonchev–Trinajstić information content (AvgIpc) is 2.83. The molecule has 2 aromatic heterocycles. The molecule has 1 fully saturated rings. The van der Waals surface area contributed by atoms with E-state index in [2.05, 4.69) is 32.6 Å². The van der Waals surface area contributed by atoms with Gasteiger partial charge in [-0.25, -0.2) is 9.50 Å². The van der Waals surface area contributed by atoms with E-state index in [-0.39, 0.29) is 42.6 Å². The van der Waals surface area contributed by atoms with Gasteiger partial charge >= 0.3 is 0 Å². The van der Waals surface area contributed by atoms with Gasteiger partial charge in [0.15, 0.2) is 0 Å². The molecule has 1 aliphatic rings. The van der Waals surface area contributed by atoms with Crippen molar-refractivity contribution in [2.45, 2.75) is 45.7 Å². The van der Waals surface area contributed by atoms with E-state index in [0.717, 1.165) is 30.8 Å². The largest absolute Gasteiger partial charge is 0.346 e. The first-order valence-corrected chi connectivity index (χ1v) is 7.28. The number of aryl methyl sites for hydroxylation is 2. The summed E-state index contributed by atoms with van der Waals surface area (Å²) in [4.78, 5) is 20.8. The van der Waals surface area contributed by atoms with Gasteiger partial charge < -0.3 is 10.6 Å². The molecule has 2 unspecified atom stereocenters. The molecule has 1 aliphatic heterocycles. The van der Waals surface area contributed by atoms with Gasteiger partial charge in [0.05, 0.1) is 0 Å². The number of aromatic nitrogens is 4. The van der Waals surface area contributed by atoms with Crippen LogP contribution in [-0.2, 0) is 0 Å². The molecule has 128 valence electrons. The lowest BCUT2D eigenvalue weighted by Gasteiger charge is -2.28. The van der Waals surface area contributed by atoms with Crippen LogP contribution in [0.5, 0.6) is 0 Å². The Bertz CT molecular complexity index is 689. The zero-order valence-corrected chi connectivity index (χ0v) is 15.0. The van der Waals surface area contributed by atoms with Crippen LogP contribution in [0.2, 0.25) is 0 Å². The SMILES string of the molecule is Cc1cc(C)n2nc(C(=O)NC3CCNC(C)C3)nc2n1.Cl.Cl. The van der Waals surface area contributed by atoms with Gasteiger partial charge in [-0.3, -0.25) is 4.79 Å². The maximum atomic E-state index is 12.3. The van der Waals surface area contributed by atoms with E-state index in [4.69, 9.17) is 0 Å². The number of carbonyl (C=O) groups is 1. The highest BCUT2D eigenvalue weighted by Crippen LogP contribution is 2.10. The Morgan fingerprint density at radius 1 is 1.35 bits per heavy atom. The molecule has 23 heavy (non-hydrogen) atoms. The molecule has 1 amide bonds. The monoisotopic (exact) mass is 360 g/mol. The lowest BCUT2D eigenvalue weighted by atomic mass is 10.0. The number of rotatable bonds is 2. The normalized spacial score (nSPS) is 20.5. The summed E-state index contributed by atoms with van der Waals surface area (Å²) < 4.78 is 1.60. The standard InChI is InChI=1S/C14H20N6O.2ClH/c1-8-7-11(4-5-15-8)17-13(21)12-18-14-16-9(2)6-10(3)20(14)19-12;;/h6,8,11,15H,4-5,7H2,1-3H3,(H,17,21);2*1H. The number of nitrogens with one attached hydrogen (secondary N) is 2. The second kappa shape index (κ2) is 7.90. The van der Waals surface area contributed by atoms with E-state index in [0.29, 0.717) is 11.8 Å². The number of fused-ring (bicyclic) bond motifs is 1. The molecule has 0 radical (unpaired) electrons. The molecule has 7 nitrogen and oxygen atoms in total. The highest BCUT2D eigenvalue weighted by atomic mass is 35.5. The minimum atomic E-state index is -0.225. The Kier molecular flexibility index (Phi) is 6.73. The number of nitrogens with zero attached hydrogens (tertiary/aromatic N) is 4. The molecule has 2 atom stereocenters. The lowest BCUT2D eigenvalue weighted by Crippen LogP contribution is -2.46. The molecular formula is C14H22Cl2N6O. The minimum absolute atomic E-state index is 0. The van der Waals surface area contributed by atoms with Crippen LogP contribution in [0.1, 0.15) is 41.8 Å². The summed E-state index contributed by atoms with van der Waals surface area (Å²) in [6.07, 6.45) is 1.86. The number of hydrogen-bond donors (Lipinski definition) is 2. The lowest BCUT2D eigenvalue weighted by molar-refractivity contribution is 0.0915. The Morgan fingerprint density at radius 2 is 2.09 bits per heavy atom. The van der Waals surface area contributed by atoms with Crippen LogP contribution in [0.15, 0.2) is 6.07 Å². The highest BCUT2D eigenvalue weighted by Gasteiger charge is 2.22. The van der Waals surface area contributed by atoms with Crippen molar-refractivity contribution < 1.29 is 4.79 Å². The van der Waals surface area contributed by atoms with Crippen molar-refractivity contribution >= 4 is 36.5 Å². The molecule has 0 saturated carbocycles. The quantitative estimate of drug-likeness (QED) is 0.846. The van der Waals surface area contributed by atoms with E-state index in [1.54, 1.807) is 4.52 Å². The molecule has 2 N–H and O–H groups in total.